The Morgan fingerprint density at radius 3 is 2.82 bits per heavy atom. The minimum atomic E-state index is -0.0117. The lowest BCUT2D eigenvalue weighted by Gasteiger charge is -2.14. The smallest absolute Gasteiger partial charge is 0.0643 e. The lowest BCUT2D eigenvalue weighted by Crippen LogP contribution is -2.15. The highest BCUT2D eigenvalue weighted by atomic mass is 79.9. The summed E-state index contributed by atoms with van der Waals surface area (Å²) in [7, 11) is 1.92. The third-order valence-corrected chi connectivity index (χ3v) is 3.77. The zero-order chi connectivity index (χ0) is 12.4. The second-order valence-electron chi connectivity index (χ2n) is 4.25. The number of halogens is 1. The first-order valence-electron chi connectivity index (χ1n) is 5.57. The Morgan fingerprint density at radius 2 is 2.18 bits per heavy atom. The van der Waals surface area contributed by atoms with E-state index in [4.69, 9.17) is 5.73 Å². The van der Waals surface area contributed by atoms with Crippen molar-refractivity contribution in [2.45, 2.75) is 19.4 Å². The molecule has 2 aromatic rings. The van der Waals surface area contributed by atoms with Gasteiger partial charge in [-0.3, -0.25) is 4.68 Å². The second kappa shape index (κ2) is 5.02. The predicted molar refractivity (Wildman–Crippen MR) is 72.7 cm³/mol. The van der Waals surface area contributed by atoms with Gasteiger partial charge in [-0.15, -0.1) is 0 Å². The Hall–Kier alpha value is -1.13. The second-order valence-corrected chi connectivity index (χ2v) is 5.10. The van der Waals surface area contributed by atoms with Crippen LogP contribution in [-0.4, -0.2) is 9.78 Å². The Labute approximate surface area is 110 Å². The fraction of sp³-hybridized carbons (Fsp3) is 0.308. The molecule has 1 aromatic heterocycles. The van der Waals surface area contributed by atoms with Crippen molar-refractivity contribution in [2.75, 3.05) is 0 Å². The van der Waals surface area contributed by atoms with Crippen molar-refractivity contribution >= 4 is 15.9 Å². The number of nitrogens with two attached hydrogens (primary N) is 1. The molecule has 4 heteroatoms. The number of aromatic nitrogens is 2. The summed E-state index contributed by atoms with van der Waals surface area (Å²) in [6.45, 7) is 2.08. The van der Waals surface area contributed by atoms with Gasteiger partial charge in [-0.1, -0.05) is 28.1 Å². The fourth-order valence-corrected chi connectivity index (χ4v) is 2.31. The molecule has 1 aromatic carbocycles. The molecule has 3 nitrogen and oxygen atoms in total. The van der Waals surface area contributed by atoms with Gasteiger partial charge in [0.15, 0.2) is 0 Å². The molecule has 0 aliphatic heterocycles. The van der Waals surface area contributed by atoms with Crippen LogP contribution >= 0.6 is 15.9 Å². The molecule has 2 rings (SSSR count). The Bertz CT molecular complexity index is 519. The van der Waals surface area contributed by atoms with Crippen molar-refractivity contribution in [1.82, 2.24) is 9.78 Å². The van der Waals surface area contributed by atoms with Crippen molar-refractivity contribution in [2.24, 2.45) is 12.8 Å². The van der Waals surface area contributed by atoms with E-state index >= 15 is 0 Å². The van der Waals surface area contributed by atoms with Gasteiger partial charge in [0, 0.05) is 30.2 Å². The Morgan fingerprint density at radius 1 is 1.41 bits per heavy atom. The van der Waals surface area contributed by atoms with Gasteiger partial charge in [-0.05, 0) is 30.2 Å². The summed E-state index contributed by atoms with van der Waals surface area (Å²) in [4.78, 5) is 0. The number of aryl methyl sites for hydroxylation is 1. The van der Waals surface area contributed by atoms with Crippen LogP contribution in [0.4, 0.5) is 0 Å². The molecule has 1 heterocycles. The molecule has 90 valence electrons. The van der Waals surface area contributed by atoms with E-state index < -0.39 is 0 Å². The molecule has 0 saturated carbocycles. The highest BCUT2D eigenvalue weighted by Crippen LogP contribution is 2.25. The van der Waals surface area contributed by atoms with E-state index in [-0.39, 0.29) is 6.04 Å². The largest absolute Gasteiger partial charge is 0.324 e. The minimum Gasteiger partial charge on any atom is -0.324 e. The van der Waals surface area contributed by atoms with E-state index in [0.717, 1.165) is 16.6 Å². The first-order chi connectivity index (χ1) is 8.08. The molecule has 0 radical (unpaired) electrons. The van der Waals surface area contributed by atoms with Crippen molar-refractivity contribution in [3.05, 3.63) is 51.8 Å². The summed E-state index contributed by atoms with van der Waals surface area (Å²) in [5, 5.41) is 4.35. The Balaban J connectivity index is 2.20. The van der Waals surface area contributed by atoms with Crippen LogP contribution < -0.4 is 5.73 Å². The first-order valence-corrected chi connectivity index (χ1v) is 6.36. The zero-order valence-corrected chi connectivity index (χ0v) is 11.6. The van der Waals surface area contributed by atoms with Gasteiger partial charge in [0.25, 0.3) is 0 Å². The maximum Gasteiger partial charge on any atom is 0.0643 e. The molecule has 1 atom stereocenters. The molecular formula is C13H16BrN3. The maximum atomic E-state index is 6.24. The van der Waals surface area contributed by atoms with Gasteiger partial charge in [0.2, 0.25) is 0 Å². The Kier molecular flexibility index (Phi) is 3.64. The van der Waals surface area contributed by atoms with Gasteiger partial charge in [0.05, 0.1) is 5.69 Å². The standard InChI is InChI=1S/C13H16BrN3/c1-9-11(4-3-5-12(9)14)13(15)8-10-6-7-17(2)16-10/h3-7,13H,8,15H2,1-2H3. The van der Waals surface area contributed by atoms with Gasteiger partial charge in [-0.2, -0.15) is 5.10 Å². The van der Waals surface area contributed by atoms with E-state index in [1.807, 2.05) is 31.4 Å². The minimum absolute atomic E-state index is 0.0117. The van der Waals surface area contributed by atoms with E-state index in [9.17, 15) is 0 Å². The summed E-state index contributed by atoms with van der Waals surface area (Å²) in [6, 6.07) is 8.13. The van der Waals surface area contributed by atoms with Crippen molar-refractivity contribution in [3.8, 4) is 0 Å². The number of benzene rings is 1. The van der Waals surface area contributed by atoms with Crippen LogP contribution in [0.1, 0.15) is 22.9 Å². The number of nitrogens with zero attached hydrogens (tertiary/aromatic N) is 2. The van der Waals surface area contributed by atoms with Gasteiger partial charge in [0.1, 0.15) is 0 Å². The summed E-state index contributed by atoms with van der Waals surface area (Å²) in [6.07, 6.45) is 2.70. The molecule has 17 heavy (non-hydrogen) atoms. The van der Waals surface area contributed by atoms with Crippen molar-refractivity contribution < 1.29 is 0 Å². The summed E-state index contributed by atoms with van der Waals surface area (Å²) in [5.74, 6) is 0. The lowest BCUT2D eigenvalue weighted by atomic mass is 9.98. The average molecular weight is 294 g/mol. The highest BCUT2D eigenvalue weighted by Gasteiger charge is 2.12. The normalized spacial score (nSPS) is 12.7. The molecule has 0 fully saturated rings. The summed E-state index contributed by atoms with van der Waals surface area (Å²) >= 11 is 3.53. The molecule has 1 unspecified atom stereocenters. The monoisotopic (exact) mass is 293 g/mol. The highest BCUT2D eigenvalue weighted by molar-refractivity contribution is 9.10. The van der Waals surface area contributed by atoms with Crippen LogP contribution in [0.5, 0.6) is 0 Å². The van der Waals surface area contributed by atoms with E-state index in [2.05, 4.69) is 34.0 Å². The van der Waals surface area contributed by atoms with Crippen molar-refractivity contribution in [1.29, 1.82) is 0 Å². The van der Waals surface area contributed by atoms with Crippen LogP contribution in [0.3, 0.4) is 0 Å². The summed E-state index contributed by atoms with van der Waals surface area (Å²) < 4.78 is 2.90. The molecule has 0 aliphatic carbocycles. The maximum absolute atomic E-state index is 6.24. The number of hydrogen-bond donors (Lipinski definition) is 1. The van der Waals surface area contributed by atoms with Gasteiger partial charge >= 0.3 is 0 Å². The van der Waals surface area contributed by atoms with E-state index in [1.54, 1.807) is 4.68 Å². The van der Waals surface area contributed by atoms with Crippen LogP contribution in [0.25, 0.3) is 0 Å². The van der Waals surface area contributed by atoms with Gasteiger partial charge < -0.3 is 5.73 Å². The van der Waals surface area contributed by atoms with E-state index in [0.29, 0.717) is 0 Å². The third-order valence-electron chi connectivity index (χ3n) is 2.91. The molecular weight excluding hydrogens is 278 g/mol. The predicted octanol–water partition coefficient (Wildman–Crippen LogP) is 2.73. The third kappa shape index (κ3) is 2.76. The molecule has 2 N–H and O–H groups in total. The number of rotatable bonds is 3. The summed E-state index contributed by atoms with van der Waals surface area (Å²) in [5.41, 5.74) is 9.64. The van der Waals surface area contributed by atoms with E-state index in [1.165, 1.54) is 11.1 Å². The fourth-order valence-electron chi connectivity index (χ4n) is 1.93. The van der Waals surface area contributed by atoms with Crippen LogP contribution in [0.2, 0.25) is 0 Å². The topological polar surface area (TPSA) is 43.8 Å². The SMILES string of the molecule is Cc1c(Br)cccc1C(N)Cc1ccn(C)n1. The van der Waals surface area contributed by atoms with Crippen LogP contribution in [0.15, 0.2) is 34.9 Å². The molecule has 0 bridgehead atoms. The zero-order valence-electron chi connectivity index (χ0n) is 10.0. The quantitative estimate of drug-likeness (QED) is 0.946. The van der Waals surface area contributed by atoms with Crippen molar-refractivity contribution in [3.63, 3.8) is 0 Å². The number of hydrogen-bond acceptors (Lipinski definition) is 2. The lowest BCUT2D eigenvalue weighted by molar-refractivity contribution is 0.672. The van der Waals surface area contributed by atoms with Crippen LogP contribution in [-0.2, 0) is 13.5 Å². The first kappa shape index (κ1) is 12.3. The van der Waals surface area contributed by atoms with Crippen LogP contribution in [0, 0.1) is 6.92 Å². The van der Waals surface area contributed by atoms with Gasteiger partial charge in [-0.25, -0.2) is 0 Å². The molecule has 0 amide bonds. The average Bonchev–Trinajstić information content (AvgIpc) is 2.68. The molecule has 0 spiro atoms. The molecule has 0 aliphatic rings. The molecule has 0 saturated heterocycles.